The van der Waals surface area contributed by atoms with Gasteiger partial charge in [-0.15, -0.1) is 0 Å². The van der Waals surface area contributed by atoms with E-state index in [0.717, 1.165) is 15.7 Å². The number of halogens is 1. The molecule has 1 aromatic heterocycles. The van der Waals surface area contributed by atoms with Crippen LogP contribution in [0.25, 0.3) is 0 Å². The summed E-state index contributed by atoms with van der Waals surface area (Å²) in [7, 11) is 1.55. The van der Waals surface area contributed by atoms with Crippen molar-refractivity contribution < 1.29 is 9.53 Å². The van der Waals surface area contributed by atoms with Crippen molar-refractivity contribution in [3.63, 3.8) is 0 Å². The molecule has 0 aliphatic carbocycles. The molecule has 0 aromatic carbocycles. The summed E-state index contributed by atoms with van der Waals surface area (Å²) in [6.45, 7) is 2.32. The molecule has 2 heterocycles. The molecule has 0 saturated heterocycles. The van der Waals surface area contributed by atoms with Gasteiger partial charge in [-0.1, -0.05) is 0 Å². The van der Waals surface area contributed by atoms with Gasteiger partial charge in [0.15, 0.2) is 0 Å². The number of hydrogen-bond donors (Lipinski definition) is 1. The second-order valence-corrected chi connectivity index (χ2v) is 3.85. The van der Waals surface area contributed by atoms with E-state index >= 15 is 0 Å². The van der Waals surface area contributed by atoms with Gasteiger partial charge in [-0.2, -0.15) is 0 Å². The Balaban J connectivity index is 2.72. The number of ether oxygens (including phenoxy) is 1. The largest absolute Gasteiger partial charge is 0.481 e. The third-order valence-electron chi connectivity index (χ3n) is 2.21. The number of aromatic nitrogens is 1. The highest BCUT2D eigenvalue weighted by Gasteiger charge is 2.27. The van der Waals surface area contributed by atoms with Crippen LogP contribution in [0.2, 0.25) is 0 Å². The molecule has 0 fully saturated rings. The van der Waals surface area contributed by atoms with E-state index < -0.39 is 0 Å². The monoisotopic (exact) mass is 256 g/mol. The average molecular weight is 257 g/mol. The van der Waals surface area contributed by atoms with Gasteiger partial charge in [0, 0.05) is 12.1 Å². The molecule has 0 bridgehead atoms. The SMILES string of the molecule is COc1nc(C)c(Br)c2c1CNC2=O. The number of amides is 1. The maximum atomic E-state index is 11.5. The lowest BCUT2D eigenvalue weighted by molar-refractivity contribution is 0.0965. The number of hydrogen-bond acceptors (Lipinski definition) is 3. The molecule has 0 saturated carbocycles. The molecule has 2 rings (SSSR count). The summed E-state index contributed by atoms with van der Waals surface area (Å²) in [5, 5.41) is 2.74. The van der Waals surface area contributed by atoms with Crippen molar-refractivity contribution in [3.05, 3.63) is 21.3 Å². The molecule has 14 heavy (non-hydrogen) atoms. The number of carbonyl (C=O) groups excluding carboxylic acids is 1. The van der Waals surface area contributed by atoms with Crippen LogP contribution in [0.1, 0.15) is 21.6 Å². The van der Waals surface area contributed by atoms with E-state index in [9.17, 15) is 4.79 Å². The van der Waals surface area contributed by atoms with E-state index in [1.54, 1.807) is 7.11 Å². The molecule has 4 nitrogen and oxygen atoms in total. The molecule has 1 N–H and O–H groups in total. The van der Waals surface area contributed by atoms with Crippen molar-refractivity contribution in [1.82, 2.24) is 10.3 Å². The Labute approximate surface area is 89.8 Å². The Bertz CT molecular complexity index is 418. The standard InChI is InChI=1S/C9H9BrN2O2/c1-4-7(10)6-5(3-11-8(6)13)9(12-4)14-2/h3H2,1-2H3,(H,11,13). The van der Waals surface area contributed by atoms with Crippen molar-refractivity contribution in [2.24, 2.45) is 0 Å². The van der Waals surface area contributed by atoms with Gasteiger partial charge in [0.25, 0.3) is 5.91 Å². The molecule has 74 valence electrons. The number of nitrogens with zero attached hydrogens (tertiary/aromatic N) is 1. The van der Waals surface area contributed by atoms with Crippen LogP contribution >= 0.6 is 15.9 Å². The Morgan fingerprint density at radius 1 is 1.57 bits per heavy atom. The van der Waals surface area contributed by atoms with E-state index in [0.29, 0.717) is 18.0 Å². The highest BCUT2D eigenvalue weighted by Crippen LogP contribution is 2.32. The quantitative estimate of drug-likeness (QED) is 0.827. The number of aryl methyl sites for hydroxylation is 1. The van der Waals surface area contributed by atoms with Crippen molar-refractivity contribution in [2.75, 3.05) is 7.11 Å². The summed E-state index contributed by atoms with van der Waals surface area (Å²) in [4.78, 5) is 15.7. The summed E-state index contributed by atoms with van der Waals surface area (Å²) in [6.07, 6.45) is 0. The fourth-order valence-electron chi connectivity index (χ4n) is 1.52. The Morgan fingerprint density at radius 2 is 2.29 bits per heavy atom. The van der Waals surface area contributed by atoms with Gasteiger partial charge in [-0.25, -0.2) is 4.98 Å². The first-order valence-corrected chi connectivity index (χ1v) is 4.95. The lowest BCUT2D eigenvalue weighted by atomic mass is 10.1. The summed E-state index contributed by atoms with van der Waals surface area (Å²) < 4.78 is 5.87. The maximum Gasteiger partial charge on any atom is 0.253 e. The molecular weight excluding hydrogens is 248 g/mol. The highest BCUT2D eigenvalue weighted by molar-refractivity contribution is 9.10. The first-order valence-electron chi connectivity index (χ1n) is 4.16. The fraction of sp³-hybridized carbons (Fsp3) is 0.333. The molecule has 5 heteroatoms. The minimum absolute atomic E-state index is 0.0734. The third-order valence-corrected chi connectivity index (χ3v) is 3.18. The number of methoxy groups -OCH3 is 1. The zero-order valence-corrected chi connectivity index (χ0v) is 9.43. The zero-order valence-electron chi connectivity index (χ0n) is 7.85. The van der Waals surface area contributed by atoms with Crippen LogP contribution in [0.4, 0.5) is 0 Å². The second kappa shape index (κ2) is 3.24. The minimum Gasteiger partial charge on any atom is -0.481 e. The molecule has 0 atom stereocenters. The van der Waals surface area contributed by atoms with Crippen molar-refractivity contribution in [1.29, 1.82) is 0 Å². The minimum atomic E-state index is -0.0734. The van der Waals surface area contributed by atoms with E-state index in [-0.39, 0.29) is 5.91 Å². The van der Waals surface area contributed by atoms with Crippen LogP contribution in [0.3, 0.4) is 0 Å². The van der Waals surface area contributed by atoms with E-state index in [4.69, 9.17) is 4.74 Å². The molecular formula is C9H9BrN2O2. The predicted molar refractivity (Wildman–Crippen MR) is 54.4 cm³/mol. The second-order valence-electron chi connectivity index (χ2n) is 3.06. The van der Waals surface area contributed by atoms with Crippen LogP contribution in [-0.4, -0.2) is 18.0 Å². The zero-order chi connectivity index (χ0) is 10.3. The van der Waals surface area contributed by atoms with Crippen molar-refractivity contribution in [2.45, 2.75) is 13.5 Å². The van der Waals surface area contributed by atoms with Crippen LogP contribution in [0.5, 0.6) is 5.88 Å². The van der Waals surface area contributed by atoms with Crippen LogP contribution in [0, 0.1) is 6.92 Å². The number of carbonyl (C=O) groups is 1. The molecule has 0 unspecified atom stereocenters. The van der Waals surface area contributed by atoms with Crippen molar-refractivity contribution in [3.8, 4) is 5.88 Å². The smallest absolute Gasteiger partial charge is 0.253 e. The van der Waals surface area contributed by atoms with Gasteiger partial charge in [0.05, 0.1) is 22.8 Å². The number of fused-ring (bicyclic) bond motifs is 1. The first-order chi connectivity index (χ1) is 6.65. The van der Waals surface area contributed by atoms with Crippen molar-refractivity contribution >= 4 is 21.8 Å². The van der Waals surface area contributed by atoms with Crippen LogP contribution in [0.15, 0.2) is 4.47 Å². The fourth-order valence-corrected chi connectivity index (χ4v) is 2.02. The van der Waals surface area contributed by atoms with Gasteiger partial charge in [-0.3, -0.25) is 4.79 Å². The summed E-state index contributed by atoms with van der Waals surface area (Å²) in [5.74, 6) is 0.453. The summed E-state index contributed by atoms with van der Waals surface area (Å²) in [5.41, 5.74) is 2.24. The Kier molecular flexibility index (Phi) is 2.19. The average Bonchev–Trinajstić information content (AvgIpc) is 2.54. The molecule has 1 aliphatic rings. The lowest BCUT2D eigenvalue weighted by Crippen LogP contribution is -2.12. The van der Waals surface area contributed by atoms with E-state index in [2.05, 4.69) is 26.2 Å². The predicted octanol–water partition coefficient (Wildman–Crippen LogP) is 1.40. The van der Waals surface area contributed by atoms with Crippen LogP contribution in [-0.2, 0) is 6.54 Å². The van der Waals surface area contributed by atoms with Gasteiger partial charge in [-0.05, 0) is 22.9 Å². The Hall–Kier alpha value is -1.10. The van der Waals surface area contributed by atoms with Gasteiger partial charge < -0.3 is 10.1 Å². The van der Waals surface area contributed by atoms with Gasteiger partial charge in [0.1, 0.15) is 0 Å². The number of nitrogens with one attached hydrogen (secondary N) is 1. The molecule has 1 amide bonds. The molecule has 1 aromatic rings. The summed E-state index contributed by atoms with van der Waals surface area (Å²) in [6, 6.07) is 0. The van der Waals surface area contributed by atoms with E-state index in [1.807, 2.05) is 6.92 Å². The maximum absolute atomic E-state index is 11.5. The van der Waals surface area contributed by atoms with Gasteiger partial charge in [0.2, 0.25) is 5.88 Å². The lowest BCUT2D eigenvalue weighted by Gasteiger charge is -2.07. The topological polar surface area (TPSA) is 51.2 Å². The number of rotatable bonds is 1. The van der Waals surface area contributed by atoms with Gasteiger partial charge >= 0.3 is 0 Å². The molecule has 1 aliphatic heterocycles. The van der Waals surface area contributed by atoms with E-state index in [1.165, 1.54) is 0 Å². The Morgan fingerprint density at radius 3 is 2.93 bits per heavy atom. The molecule has 0 spiro atoms. The van der Waals surface area contributed by atoms with Crippen LogP contribution < -0.4 is 10.1 Å². The first kappa shape index (κ1) is 9.45. The number of pyridine rings is 1. The molecule has 0 radical (unpaired) electrons. The third kappa shape index (κ3) is 1.19. The summed E-state index contributed by atoms with van der Waals surface area (Å²) >= 11 is 3.36. The highest BCUT2D eigenvalue weighted by atomic mass is 79.9. The normalized spacial score (nSPS) is 13.8.